The molecule has 0 spiro atoms. The Morgan fingerprint density at radius 1 is 1.35 bits per heavy atom. The number of aliphatic carboxylic acids is 1. The van der Waals surface area contributed by atoms with Crippen molar-refractivity contribution < 1.29 is 18.8 Å². The number of carbonyl (C=O) groups is 1. The summed E-state index contributed by atoms with van der Waals surface area (Å²) in [6.07, 6.45) is 3.23. The van der Waals surface area contributed by atoms with Crippen molar-refractivity contribution in [3.05, 3.63) is 35.9 Å². The predicted molar refractivity (Wildman–Crippen MR) is 78.2 cm³/mol. The van der Waals surface area contributed by atoms with Crippen LogP contribution in [0.25, 0.3) is 0 Å². The number of hydrogen-bond donors (Lipinski definition) is 1. The lowest BCUT2D eigenvalue weighted by Gasteiger charge is -2.23. The molecule has 0 saturated carbocycles. The Hall–Kier alpha value is -1.20. The lowest BCUT2D eigenvalue weighted by molar-refractivity contribution is -0.136. The van der Waals surface area contributed by atoms with Crippen LogP contribution in [0.4, 0.5) is 0 Å². The molecule has 1 aromatic carbocycles. The Morgan fingerprint density at radius 3 is 2.70 bits per heavy atom. The van der Waals surface area contributed by atoms with Crippen LogP contribution in [0.3, 0.4) is 0 Å². The van der Waals surface area contributed by atoms with Crippen LogP contribution < -0.4 is 0 Å². The highest BCUT2D eigenvalue weighted by Gasteiger charge is 2.28. The molecule has 0 aliphatic carbocycles. The first-order chi connectivity index (χ1) is 9.66. The maximum absolute atomic E-state index is 12.3. The van der Waals surface area contributed by atoms with Crippen molar-refractivity contribution in [3.8, 4) is 0 Å². The summed E-state index contributed by atoms with van der Waals surface area (Å²) < 4.78 is 17.9. The lowest BCUT2D eigenvalue weighted by Crippen LogP contribution is -2.35. The van der Waals surface area contributed by atoms with Gasteiger partial charge in [-0.25, -0.2) is 0 Å². The summed E-state index contributed by atoms with van der Waals surface area (Å²) in [5.74, 6) is -0.674. The highest BCUT2D eigenvalue weighted by Crippen LogP contribution is 2.16. The maximum atomic E-state index is 12.3. The minimum absolute atomic E-state index is 0.0535. The molecular weight excluding hydrogens is 276 g/mol. The van der Waals surface area contributed by atoms with Crippen LogP contribution in [0.2, 0.25) is 0 Å². The Labute approximate surface area is 121 Å². The summed E-state index contributed by atoms with van der Waals surface area (Å²) in [5.41, 5.74) is 0.901. The van der Waals surface area contributed by atoms with E-state index in [9.17, 15) is 14.1 Å². The average Bonchev–Trinajstić information content (AvgIpc) is 2.46. The summed E-state index contributed by atoms with van der Waals surface area (Å²) in [5, 5.41) is 8.44. The van der Waals surface area contributed by atoms with Crippen LogP contribution in [0.5, 0.6) is 0 Å². The quantitative estimate of drug-likeness (QED) is 0.872. The molecule has 0 bridgehead atoms. The van der Waals surface area contributed by atoms with Gasteiger partial charge in [0.05, 0.1) is 11.9 Å². The van der Waals surface area contributed by atoms with E-state index in [0.717, 1.165) is 24.8 Å². The Bertz CT molecular complexity index is 454. The zero-order chi connectivity index (χ0) is 14.4. The van der Waals surface area contributed by atoms with Gasteiger partial charge in [0.2, 0.25) is 0 Å². The molecule has 0 radical (unpaired) electrons. The first-order valence-electron chi connectivity index (χ1n) is 6.92. The first kappa shape index (κ1) is 15.2. The van der Waals surface area contributed by atoms with Crippen molar-refractivity contribution in [1.82, 2.24) is 0 Å². The minimum Gasteiger partial charge on any atom is -0.480 e. The monoisotopic (exact) mass is 296 g/mol. The van der Waals surface area contributed by atoms with Crippen molar-refractivity contribution in [2.75, 3.05) is 12.4 Å². The molecule has 1 fully saturated rings. The number of benzene rings is 1. The summed E-state index contributed by atoms with van der Waals surface area (Å²) in [7, 11) is -1.41. The molecule has 3 atom stereocenters. The van der Waals surface area contributed by atoms with Gasteiger partial charge in [-0.05, 0) is 31.2 Å². The second-order valence-electron chi connectivity index (χ2n) is 5.05. The topological polar surface area (TPSA) is 63.6 Å². The molecule has 1 aliphatic heterocycles. The maximum Gasteiger partial charge on any atom is 0.319 e. The van der Waals surface area contributed by atoms with Gasteiger partial charge in [0, 0.05) is 17.4 Å². The van der Waals surface area contributed by atoms with Crippen molar-refractivity contribution in [2.45, 2.75) is 37.0 Å². The highest BCUT2D eigenvalue weighted by molar-refractivity contribution is 7.86. The predicted octanol–water partition coefficient (Wildman–Crippen LogP) is 2.00. The van der Waals surface area contributed by atoms with Gasteiger partial charge in [0.25, 0.3) is 0 Å². The Morgan fingerprint density at radius 2 is 2.10 bits per heavy atom. The third kappa shape index (κ3) is 4.42. The van der Waals surface area contributed by atoms with Crippen molar-refractivity contribution >= 4 is 16.8 Å². The van der Waals surface area contributed by atoms with Gasteiger partial charge in [-0.3, -0.25) is 9.00 Å². The summed E-state index contributed by atoms with van der Waals surface area (Å²) in [6.45, 7) is 0.693. The van der Waals surface area contributed by atoms with Crippen LogP contribution in [-0.4, -0.2) is 39.0 Å². The van der Waals surface area contributed by atoms with E-state index in [1.165, 1.54) is 0 Å². The van der Waals surface area contributed by atoms with E-state index in [-0.39, 0.29) is 6.10 Å². The second-order valence-corrected chi connectivity index (χ2v) is 6.72. The third-order valence-corrected chi connectivity index (χ3v) is 5.18. The molecule has 2 rings (SSSR count). The van der Waals surface area contributed by atoms with Crippen LogP contribution in [0.15, 0.2) is 30.3 Å². The van der Waals surface area contributed by atoms with E-state index in [2.05, 4.69) is 0 Å². The molecule has 1 aliphatic rings. The van der Waals surface area contributed by atoms with Crippen molar-refractivity contribution in [2.24, 2.45) is 0 Å². The third-order valence-electron chi connectivity index (χ3n) is 3.48. The molecule has 1 saturated heterocycles. The van der Waals surface area contributed by atoms with Gasteiger partial charge >= 0.3 is 5.97 Å². The average molecular weight is 296 g/mol. The minimum atomic E-state index is -1.41. The van der Waals surface area contributed by atoms with Crippen LogP contribution in [0, 0.1) is 0 Å². The molecule has 20 heavy (non-hydrogen) atoms. The van der Waals surface area contributed by atoms with E-state index < -0.39 is 22.0 Å². The normalized spacial score (nSPS) is 22.1. The SMILES string of the molecule is O=C(O)C(Cc1ccccc1)S(=O)CC1CCCCO1. The first-order valence-corrected chi connectivity index (χ1v) is 8.30. The largest absolute Gasteiger partial charge is 0.480 e. The fraction of sp³-hybridized carbons (Fsp3) is 0.533. The standard InChI is InChI=1S/C15H20O4S/c16-15(17)14(10-12-6-2-1-3-7-12)20(18)11-13-8-4-5-9-19-13/h1-3,6-7,13-14H,4-5,8-11H2,(H,16,17). The van der Waals surface area contributed by atoms with Gasteiger partial charge in [0.1, 0.15) is 5.25 Å². The molecule has 110 valence electrons. The molecule has 4 nitrogen and oxygen atoms in total. The lowest BCUT2D eigenvalue weighted by atomic mass is 10.1. The van der Waals surface area contributed by atoms with Gasteiger partial charge < -0.3 is 9.84 Å². The van der Waals surface area contributed by atoms with Crippen molar-refractivity contribution in [1.29, 1.82) is 0 Å². The Balaban J connectivity index is 1.97. The van der Waals surface area contributed by atoms with Crippen molar-refractivity contribution in [3.63, 3.8) is 0 Å². The fourth-order valence-corrected chi connectivity index (χ4v) is 3.82. The van der Waals surface area contributed by atoms with Crippen LogP contribution >= 0.6 is 0 Å². The molecule has 1 heterocycles. The van der Waals surface area contributed by atoms with Gasteiger partial charge in [-0.15, -0.1) is 0 Å². The number of rotatable bonds is 6. The Kier molecular flexibility index (Phi) is 5.73. The zero-order valence-corrected chi connectivity index (χ0v) is 12.2. The smallest absolute Gasteiger partial charge is 0.319 e. The van der Waals surface area contributed by atoms with Crippen LogP contribution in [-0.2, 0) is 26.8 Å². The van der Waals surface area contributed by atoms with E-state index in [4.69, 9.17) is 4.74 Å². The van der Waals surface area contributed by atoms with Gasteiger partial charge in [0.15, 0.2) is 0 Å². The number of carboxylic acid groups (broad SMARTS) is 1. The molecule has 1 aromatic rings. The molecule has 5 heteroatoms. The van der Waals surface area contributed by atoms with Gasteiger partial charge in [-0.2, -0.15) is 0 Å². The molecule has 0 amide bonds. The van der Waals surface area contributed by atoms with E-state index in [1.807, 2.05) is 30.3 Å². The van der Waals surface area contributed by atoms with E-state index in [0.29, 0.717) is 18.8 Å². The summed E-state index contributed by atoms with van der Waals surface area (Å²) in [4.78, 5) is 11.4. The van der Waals surface area contributed by atoms with E-state index in [1.54, 1.807) is 0 Å². The summed E-state index contributed by atoms with van der Waals surface area (Å²) in [6, 6.07) is 9.34. The number of ether oxygens (including phenoxy) is 1. The highest BCUT2D eigenvalue weighted by atomic mass is 32.2. The van der Waals surface area contributed by atoms with E-state index >= 15 is 0 Å². The molecule has 1 N–H and O–H groups in total. The van der Waals surface area contributed by atoms with Crippen LogP contribution in [0.1, 0.15) is 24.8 Å². The molecule has 0 aromatic heterocycles. The number of carboxylic acids is 1. The summed E-state index contributed by atoms with van der Waals surface area (Å²) >= 11 is 0. The number of hydrogen-bond acceptors (Lipinski definition) is 3. The zero-order valence-electron chi connectivity index (χ0n) is 11.4. The second kappa shape index (κ2) is 7.55. The fourth-order valence-electron chi connectivity index (χ4n) is 2.36. The molecule has 3 unspecified atom stereocenters. The van der Waals surface area contributed by atoms with Gasteiger partial charge in [-0.1, -0.05) is 30.3 Å². The molecular formula is C15H20O4S.